The minimum Gasteiger partial charge on any atom is -0.494 e. The number of benzene rings is 2. The molecular weight excluding hydrogens is 466 g/mol. The van der Waals surface area contributed by atoms with E-state index in [0.29, 0.717) is 22.9 Å². The molecule has 2 aromatic carbocycles. The minimum atomic E-state index is -3.68. The van der Waals surface area contributed by atoms with Crippen LogP contribution >= 0.6 is 11.6 Å². The first-order valence-corrected chi connectivity index (χ1v) is 12.7. The quantitative estimate of drug-likeness (QED) is 0.542. The van der Waals surface area contributed by atoms with E-state index in [1.54, 1.807) is 41.3 Å². The minimum absolute atomic E-state index is 0.129. The lowest BCUT2D eigenvalue weighted by Gasteiger charge is -2.34. The Morgan fingerprint density at radius 2 is 1.76 bits per heavy atom. The molecule has 1 aliphatic rings. The second-order valence-corrected chi connectivity index (χ2v) is 10.0. The summed E-state index contributed by atoms with van der Waals surface area (Å²) in [5.41, 5.74) is 0.433. The molecule has 1 aliphatic heterocycles. The van der Waals surface area contributed by atoms with Crippen molar-refractivity contribution in [1.29, 1.82) is 0 Å². The highest BCUT2D eigenvalue weighted by molar-refractivity contribution is 7.89. The fourth-order valence-electron chi connectivity index (χ4n) is 3.36. The van der Waals surface area contributed by atoms with Crippen molar-refractivity contribution in [1.82, 2.24) is 14.5 Å². The van der Waals surface area contributed by atoms with Crippen molar-refractivity contribution >= 4 is 33.4 Å². The Hall–Kier alpha value is -2.62. The fourth-order valence-corrected chi connectivity index (χ4v) is 5.08. The summed E-state index contributed by atoms with van der Waals surface area (Å²) in [6, 6.07) is 12.9. The van der Waals surface area contributed by atoms with Gasteiger partial charge in [0.25, 0.3) is 5.91 Å². The number of carbonyl (C=O) groups is 2. The lowest BCUT2D eigenvalue weighted by atomic mass is 10.2. The second-order valence-electron chi connectivity index (χ2n) is 7.65. The van der Waals surface area contributed by atoms with Gasteiger partial charge in [-0.05, 0) is 48.9 Å². The topological polar surface area (TPSA) is 96.0 Å². The number of sulfonamides is 1. The Morgan fingerprint density at radius 3 is 2.39 bits per heavy atom. The second kappa shape index (κ2) is 11.5. The summed E-state index contributed by atoms with van der Waals surface area (Å²) >= 11 is 5.92. The number of hydrogen-bond acceptors (Lipinski definition) is 5. The Bertz CT molecular complexity index is 1070. The van der Waals surface area contributed by atoms with Gasteiger partial charge in [-0.2, -0.15) is 4.31 Å². The molecule has 1 N–H and O–H groups in total. The van der Waals surface area contributed by atoms with E-state index in [2.05, 4.69) is 12.2 Å². The van der Waals surface area contributed by atoms with Crippen LogP contribution in [-0.2, 0) is 14.8 Å². The molecule has 178 valence electrons. The summed E-state index contributed by atoms with van der Waals surface area (Å²) in [6.07, 6.45) is 2.01. The third kappa shape index (κ3) is 6.69. The van der Waals surface area contributed by atoms with E-state index >= 15 is 0 Å². The van der Waals surface area contributed by atoms with E-state index in [1.807, 2.05) is 0 Å². The maximum atomic E-state index is 12.8. The highest BCUT2D eigenvalue weighted by Crippen LogP contribution is 2.21. The number of carbonyl (C=O) groups excluding carboxylic acids is 2. The van der Waals surface area contributed by atoms with Crippen LogP contribution < -0.4 is 10.1 Å². The van der Waals surface area contributed by atoms with Gasteiger partial charge in [0.15, 0.2) is 0 Å². The van der Waals surface area contributed by atoms with Crippen molar-refractivity contribution < 1.29 is 22.7 Å². The van der Waals surface area contributed by atoms with E-state index in [4.69, 9.17) is 16.3 Å². The van der Waals surface area contributed by atoms with E-state index in [0.717, 1.165) is 12.8 Å². The Morgan fingerprint density at radius 1 is 1.06 bits per heavy atom. The first-order valence-electron chi connectivity index (χ1n) is 10.9. The summed E-state index contributed by atoms with van der Waals surface area (Å²) in [5.74, 6) is 0.0787. The maximum Gasteiger partial charge on any atom is 0.251 e. The first kappa shape index (κ1) is 25.0. The largest absolute Gasteiger partial charge is 0.494 e. The number of amides is 2. The molecule has 0 aromatic heterocycles. The number of nitrogens with zero attached hydrogens (tertiary/aromatic N) is 2. The average Bonchev–Trinajstić information content (AvgIpc) is 2.83. The molecule has 2 amide bonds. The zero-order chi connectivity index (χ0) is 23.8. The average molecular weight is 494 g/mol. The highest BCUT2D eigenvalue weighted by Gasteiger charge is 2.30. The van der Waals surface area contributed by atoms with Gasteiger partial charge >= 0.3 is 0 Å². The van der Waals surface area contributed by atoms with E-state index in [9.17, 15) is 18.0 Å². The monoisotopic (exact) mass is 493 g/mol. The van der Waals surface area contributed by atoms with E-state index in [-0.39, 0.29) is 49.4 Å². The fraction of sp³-hybridized carbons (Fsp3) is 0.391. The molecule has 33 heavy (non-hydrogen) atoms. The molecule has 1 fully saturated rings. The number of rotatable bonds is 9. The predicted molar refractivity (Wildman–Crippen MR) is 126 cm³/mol. The number of halogens is 1. The zero-order valence-corrected chi connectivity index (χ0v) is 20.1. The van der Waals surface area contributed by atoms with Gasteiger partial charge < -0.3 is 15.0 Å². The van der Waals surface area contributed by atoms with Gasteiger partial charge in [0, 0.05) is 36.8 Å². The van der Waals surface area contributed by atoms with Crippen molar-refractivity contribution in [3.63, 3.8) is 0 Å². The Balaban J connectivity index is 1.47. The van der Waals surface area contributed by atoms with Gasteiger partial charge in [0.1, 0.15) is 5.75 Å². The number of hydrogen-bond donors (Lipinski definition) is 1. The van der Waals surface area contributed by atoms with Gasteiger partial charge in [-0.25, -0.2) is 8.42 Å². The van der Waals surface area contributed by atoms with Crippen LogP contribution in [0, 0.1) is 0 Å². The normalized spacial score (nSPS) is 14.7. The molecule has 0 spiro atoms. The molecule has 0 aliphatic carbocycles. The molecule has 1 heterocycles. The third-order valence-corrected chi connectivity index (χ3v) is 7.44. The predicted octanol–water partition coefficient (Wildman–Crippen LogP) is 2.78. The molecular formula is C23H28ClN3O5S. The van der Waals surface area contributed by atoms with E-state index in [1.165, 1.54) is 16.4 Å². The van der Waals surface area contributed by atoms with E-state index < -0.39 is 10.0 Å². The smallest absolute Gasteiger partial charge is 0.251 e. The van der Waals surface area contributed by atoms with Gasteiger partial charge in [-0.15, -0.1) is 0 Å². The van der Waals surface area contributed by atoms with Crippen LogP contribution in [0.2, 0.25) is 5.02 Å². The van der Waals surface area contributed by atoms with Crippen LogP contribution in [0.1, 0.15) is 30.1 Å². The van der Waals surface area contributed by atoms with Gasteiger partial charge in [0.05, 0.1) is 18.0 Å². The SMILES string of the molecule is CCCCOc1ccc(C(=O)NCC(=O)N2CCN(S(=O)(=O)c3cccc(Cl)c3)CC2)cc1. The number of nitrogens with one attached hydrogen (secondary N) is 1. The van der Waals surface area contributed by atoms with Crippen LogP contribution in [0.25, 0.3) is 0 Å². The molecule has 0 radical (unpaired) electrons. The van der Waals surface area contributed by atoms with Crippen molar-refractivity contribution in [2.45, 2.75) is 24.7 Å². The number of piperazine rings is 1. The van der Waals surface area contributed by atoms with Crippen LogP contribution in [-0.4, -0.2) is 68.8 Å². The first-order chi connectivity index (χ1) is 15.8. The molecule has 2 aromatic rings. The Labute approximate surface area is 199 Å². The summed E-state index contributed by atoms with van der Waals surface area (Å²) in [4.78, 5) is 26.5. The molecule has 1 saturated heterocycles. The lowest BCUT2D eigenvalue weighted by molar-refractivity contribution is -0.131. The van der Waals surface area contributed by atoms with Crippen LogP contribution in [0.5, 0.6) is 5.75 Å². The lowest BCUT2D eigenvalue weighted by Crippen LogP contribution is -2.52. The van der Waals surface area contributed by atoms with Gasteiger partial charge in [-0.3, -0.25) is 9.59 Å². The molecule has 0 atom stereocenters. The van der Waals surface area contributed by atoms with Crippen molar-refractivity contribution in [3.05, 3.63) is 59.1 Å². The number of unbranched alkanes of at least 4 members (excludes halogenated alkanes) is 1. The summed E-state index contributed by atoms with van der Waals surface area (Å²) in [5, 5.41) is 2.97. The maximum absolute atomic E-state index is 12.8. The van der Waals surface area contributed by atoms with Crippen molar-refractivity contribution in [2.24, 2.45) is 0 Å². The number of ether oxygens (including phenoxy) is 1. The molecule has 0 unspecified atom stereocenters. The Kier molecular flexibility index (Phi) is 8.71. The summed E-state index contributed by atoms with van der Waals surface area (Å²) in [6.45, 7) is 3.40. The zero-order valence-electron chi connectivity index (χ0n) is 18.5. The summed E-state index contributed by atoms with van der Waals surface area (Å²) < 4.78 is 32.5. The molecule has 8 nitrogen and oxygen atoms in total. The standard InChI is InChI=1S/C23H28ClN3O5S/c1-2-3-15-32-20-9-7-18(8-10-20)23(29)25-17-22(28)26-11-13-27(14-12-26)33(30,31)21-6-4-5-19(24)16-21/h4-10,16H,2-3,11-15,17H2,1H3,(H,25,29). The third-order valence-electron chi connectivity index (χ3n) is 5.31. The highest BCUT2D eigenvalue weighted by atomic mass is 35.5. The van der Waals surface area contributed by atoms with Crippen molar-refractivity contribution in [2.75, 3.05) is 39.3 Å². The summed E-state index contributed by atoms with van der Waals surface area (Å²) in [7, 11) is -3.68. The van der Waals surface area contributed by atoms with Gasteiger partial charge in [-0.1, -0.05) is 31.0 Å². The van der Waals surface area contributed by atoms with Crippen LogP contribution in [0.4, 0.5) is 0 Å². The van der Waals surface area contributed by atoms with Gasteiger partial charge in [0.2, 0.25) is 15.9 Å². The molecule has 3 rings (SSSR count). The molecule has 0 bridgehead atoms. The van der Waals surface area contributed by atoms with Crippen molar-refractivity contribution in [3.8, 4) is 5.75 Å². The van der Waals surface area contributed by atoms with Crippen LogP contribution in [0.3, 0.4) is 0 Å². The molecule has 0 saturated carbocycles. The van der Waals surface area contributed by atoms with Crippen LogP contribution in [0.15, 0.2) is 53.4 Å². The molecule has 10 heteroatoms.